The number of nitro benzene ring substituents is 1. The molecule has 2 atom stereocenters. The van der Waals surface area contributed by atoms with E-state index in [1.54, 1.807) is 4.90 Å². The summed E-state index contributed by atoms with van der Waals surface area (Å²) in [6.45, 7) is 0.955. The van der Waals surface area contributed by atoms with Gasteiger partial charge in [0.15, 0.2) is 5.75 Å². The lowest BCUT2D eigenvalue weighted by Gasteiger charge is -2.47. The fourth-order valence-electron chi connectivity index (χ4n) is 3.75. The highest BCUT2D eigenvalue weighted by molar-refractivity contribution is 5.95. The first-order valence-electron chi connectivity index (χ1n) is 7.90. The van der Waals surface area contributed by atoms with E-state index in [0.29, 0.717) is 19.5 Å². The highest BCUT2D eigenvalue weighted by atomic mass is 16.6. The molecule has 1 aliphatic carbocycles. The number of nitro groups is 1. The summed E-state index contributed by atoms with van der Waals surface area (Å²) in [5.41, 5.74) is -0.844. The van der Waals surface area contributed by atoms with Crippen molar-refractivity contribution in [3.8, 4) is 5.75 Å². The number of fused-ring (bicyclic) bond motifs is 1. The van der Waals surface area contributed by atoms with Crippen LogP contribution in [-0.2, 0) is 0 Å². The number of nitrogens with zero attached hydrogens (tertiary/aromatic N) is 2. The van der Waals surface area contributed by atoms with E-state index in [9.17, 15) is 25.1 Å². The van der Waals surface area contributed by atoms with Crippen LogP contribution < -0.4 is 0 Å². The van der Waals surface area contributed by atoms with Gasteiger partial charge in [0.2, 0.25) is 0 Å². The Hall–Kier alpha value is -2.15. The summed E-state index contributed by atoms with van der Waals surface area (Å²) in [7, 11) is 0. The molecule has 7 nitrogen and oxygen atoms in total. The molecule has 0 bridgehead atoms. The zero-order chi connectivity index (χ0) is 16.6. The molecule has 1 saturated carbocycles. The maximum atomic E-state index is 12.6. The van der Waals surface area contributed by atoms with E-state index in [-0.39, 0.29) is 17.4 Å². The average Bonchev–Trinajstić information content (AvgIpc) is 2.52. The van der Waals surface area contributed by atoms with Crippen molar-refractivity contribution in [1.29, 1.82) is 0 Å². The van der Waals surface area contributed by atoms with Gasteiger partial charge < -0.3 is 15.1 Å². The number of benzene rings is 1. The molecule has 0 radical (unpaired) electrons. The average molecular weight is 320 g/mol. The number of carbonyl (C=O) groups is 1. The van der Waals surface area contributed by atoms with Crippen LogP contribution >= 0.6 is 0 Å². The van der Waals surface area contributed by atoms with Crippen molar-refractivity contribution >= 4 is 11.6 Å². The van der Waals surface area contributed by atoms with Gasteiger partial charge in [0, 0.05) is 30.6 Å². The lowest BCUT2D eigenvalue weighted by molar-refractivity contribution is -0.385. The predicted octanol–water partition coefficient (Wildman–Crippen LogP) is 2.07. The Morgan fingerprint density at radius 2 is 2.13 bits per heavy atom. The molecular weight excluding hydrogens is 300 g/mol. The lowest BCUT2D eigenvalue weighted by atomic mass is 9.71. The van der Waals surface area contributed by atoms with E-state index in [2.05, 4.69) is 0 Å². The molecule has 23 heavy (non-hydrogen) atoms. The summed E-state index contributed by atoms with van der Waals surface area (Å²) in [5.74, 6) is -0.685. The third-order valence-electron chi connectivity index (χ3n) is 5.13. The number of phenols is 1. The van der Waals surface area contributed by atoms with E-state index in [1.807, 2.05) is 0 Å². The molecule has 0 aromatic heterocycles. The number of aliphatic hydroxyl groups is 1. The van der Waals surface area contributed by atoms with Gasteiger partial charge in [-0.1, -0.05) is 12.8 Å². The van der Waals surface area contributed by atoms with E-state index < -0.39 is 22.0 Å². The second-order valence-corrected chi connectivity index (χ2v) is 6.51. The molecule has 3 rings (SSSR count). The molecule has 1 aromatic carbocycles. The number of aromatic hydroxyl groups is 1. The van der Waals surface area contributed by atoms with Crippen molar-refractivity contribution in [3.63, 3.8) is 0 Å². The number of phenolic OH excluding ortho intramolecular Hbond substituents is 1. The molecule has 2 N–H and O–H groups in total. The molecule has 1 saturated heterocycles. The Morgan fingerprint density at radius 3 is 2.83 bits per heavy atom. The van der Waals surface area contributed by atoms with Gasteiger partial charge in [-0.15, -0.1) is 0 Å². The minimum Gasteiger partial charge on any atom is -0.502 e. The number of hydrogen-bond acceptors (Lipinski definition) is 5. The first-order valence-corrected chi connectivity index (χ1v) is 7.90. The van der Waals surface area contributed by atoms with Crippen LogP contribution in [0.25, 0.3) is 0 Å². The van der Waals surface area contributed by atoms with E-state index in [4.69, 9.17) is 0 Å². The van der Waals surface area contributed by atoms with Crippen molar-refractivity contribution in [3.05, 3.63) is 33.9 Å². The van der Waals surface area contributed by atoms with Crippen LogP contribution in [0.2, 0.25) is 0 Å². The number of hydrogen-bond donors (Lipinski definition) is 2. The first-order chi connectivity index (χ1) is 10.9. The smallest absolute Gasteiger partial charge is 0.310 e. The number of amides is 1. The third kappa shape index (κ3) is 2.88. The van der Waals surface area contributed by atoms with Crippen LogP contribution in [0.15, 0.2) is 18.2 Å². The van der Waals surface area contributed by atoms with Crippen molar-refractivity contribution in [2.24, 2.45) is 5.92 Å². The minimum atomic E-state index is -0.688. The zero-order valence-corrected chi connectivity index (χ0v) is 12.8. The largest absolute Gasteiger partial charge is 0.502 e. The summed E-state index contributed by atoms with van der Waals surface area (Å²) in [6, 6.07) is 3.65. The van der Waals surface area contributed by atoms with Crippen molar-refractivity contribution in [2.45, 2.75) is 37.7 Å². The second kappa shape index (κ2) is 5.81. The molecule has 1 amide bonds. The quantitative estimate of drug-likeness (QED) is 0.641. The summed E-state index contributed by atoms with van der Waals surface area (Å²) in [4.78, 5) is 24.3. The van der Waals surface area contributed by atoms with Crippen LogP contribution in [0.4, 0.5) is 5.69 Å². The SMILES string of the molecule is O=C(c1ccc([N+](=O)[O-])c(O)c1)N1CC[C@]2(O)CCCC[C@@H]2C1. The van der Waals surface area contributed by atoms with Crippen LogP contribution in [0.5, 0.6) is 5.75 Å². The van der Waals surface area contributed by atoms with Crippen molar-refractivity contribution in [2.75, 3.05) is 13.1 Å². The zero-order valence-electron chi connectivity index (χ0n) is 12.8. The summed E-state index contributed by atoms with van der Waals surface area (Å²) in [6.07, 6.45) is 4.34. The second-order valence-electron chi connectivity index (χ2n) is 6.51. The fourth-order valence-corrected chi connectivity index (χ4v) is 3.75. The van der Waals surface area contributed by atoms with Gasteiger partial charge in [0.1, 0.15) is 0 Å². The molecule has 2 fully saturated rings. The molecule has 2 aliphatic rings. The topological polar surface area (TPSA) is 104 Å². The highest BCUT2D eigenvalue weighted by Crippen LogP contribution is 2.40. The molecule has 124 valence electrons. The van der Waals surface area contributed by atoms with Gasteiger partial charge in [-0.05, 0) is 31.4 Å². The molecule has 0 unspecified atom stereocenters. The van der Waals surface area contributed by atoms with E-state index >= 15 is 0 Å². The Bertz CT molecular complexity index is 647. The lowest BCUT2D eigenvalue weighted by Crippen LogP contribution is -2.54. The van der Waals surface area contributed by atoms with Crippen LogP contribution in [0.3, 0.4) is 0 Å². The van der Waals surface area contributed by atoms with Gasteiger partial charge in [-0.25, -0.2) is 0 Å². The van der Waals surface area contributed by atoms with E-state index in [1.165, 1.54) is 6.07 Å². The Kier molecular flexibility index (Phi) is 3.97. The fraction of sp³-hybridized carbons (Fsp3) is 0.562. The number of piperidine rings is 1. The van der Waals surface area contributed by atoms with Gasteiger partial charge >= 0.3 is 5.69 Å². The predicted molar refractivity (Wildman–Crippen MR) is 82.2 cm³/mol. The molecule has 1 heterocycles. The van der Waals surface area contributed by atoms with Gasteiger partial charge in [-0.3, -0.25) is 14.9 Å². The summed E-state index contributed by atoms with van der Waals surface area (Å²) < 4.78 is 0. The molecular formula is C16H20N2O5. The number of likely N-dealkylation sites (tertiary alicyclic amines) is 1. The molecule has 7 heteroatoms. The Morgan fingerprint density at radius 1 is 1.35 bits per heavy atom. The van der Waals surface area contributed by atoms with Crippen LogP contribution in [0, 0.1) is 16.0 Å². The third-order valence-corrected chi connectivity index (χ3v) is 5.13. The Balaban J connectivity index is 1.76. The monoisotopic (exact) mass is 320 g/mol. The maximum Gasteiger partial charge on any atom is 0.310 e. The maximum absolute atomic E-state index is 12.6. The molecule has 1 aliphatic heterocycles. The Labute approximate surface area is 133 Å². The molecule has 1 aromatic rings. The van der Waals surface area contributed by atoms with Gasteiger partial charge in [0.05, 0.1) is 10.5 Å². The number of carbonyl (C=O) groups excluding carboxylic acids is 1. The summed E-state index contributed by atoms with van der Waals surface area (Å²) in [5, 5.41) is 31.1. The highest BCUT2D eigenvalue weighted by Gasteiger charge is 2.43. The van der Waals surface area contributed by atoms with Crippen molar-refractivity contribution in [1.82, 2.24) is 4.90 Å². The summed E-state index contributed by atoms with van der Waals surface area (Å²) >= 11 is 0. The number of rotatable bonds is 2. The van der Waals surface area contributed by atoms with Crippen LogP contribution in [-0.4, -0.2) is 44.6 Å². The standard InChI is InChI=1S/C16H20N2O5/c19-14-9-11(4-5-13(14)18(22)23)15(20)17-8-7-16(21)6-2-1-3-12(16)10-17/h4-5,9,12,19,21H,1-3,6-8,10H2/t12-,16-/m1/s1. The van der Waals surface area contributed by atoms with Gasteiger partial charge in [0.25, 0.3) is 5.91 Å². The minimum absolute atomic E-state index is 0.0839. The van der Waals surface area contributed by atoms with E-state index in [0.717, 1.165) is 37.8 Å². The first kappa shape index (κ1) is 15.7. The van der Waals surface area contributed by atoms with Gasteiger partial charge in [-0.2, -0.15) is 0 Å². The molecule has 0 spiro atoms. The van der Waals surface area contributed by atoms with Crippen LogP contribution in [0.1, 0.15) is 42.5 Å². The van der Waals surface area contributed by atoms with Crippen molar-refractivity contribution < 1.29 is 19.9 Å². The normalized spacial score (nSPS) is 27.3.